The average molecular weight is 377 g/mol. The molecule has 0 amide bonds. The van der Waals surface area contributed by atoms with E-state index in [0.717, 1.165) is 16.9 Å². The summed E-state index contributed by atoms with van der Waals surface area (Å²) in [7, 11) is -1.89. The molecule has 0 N–H and O–H groups in total. The predicted octanol–water partition coefficient (Wildman–Crippen LogP) is 5.12. The number of hydrogen-bond donors (Lipinski definition) is 0. The zero-order valence-electron chi connectivity index (χ0n) is 17.3. The smallest absolute Gasteiger partial charge is 0.313 e. The van der Waals surface area contributed by atoms with E-state index in [1.807, 2.05) is 6.92 Å². The summed E-state index contributed by atoms with van der Waals surface area (Å²) in [6.45, 7) is 17.7. The van der Waals surface area contributed by atoms with Gasteiger partial charge in [0.1, 0.15) is 17.8 Å². The first-order chi connectivity index (χ1) is 12.0. The first-order valence-corrected chi connectivity index (χ1v) is 12.5. The summed E-state index contributed by atoms with van der Waals surface area (Å²) in [5.41, 5.74) is 3.45. The van der Waals surface area contributed by atoms with E-state index in [0.29, 0.717) is 6.61 Å². The molecule has 5 heteroatoms. The van der Waals surface area contributed by atoms with Crippen LogP contribution in [0.2, 0.25) is 18.1 Å². The number of carbonyl (C=O) groups is 1. The molecule has 0 radical (unpaired) electrons. The van der Waals surface area contributed by atoms with E-state index in [1.54, 1.807) is 0 Å². The van der Waals surface area contributed by atoms with Crippen LogP contribution >= 0.6 is 0 Å². The fourth-order valence-corrected chi connectivity index (χ4v) is 5.05. The van der Waals surface area contributed by atoms with Crippen molar-refractivity contribution in [3.63, 3.8) is 0 Å². The summed E-state index contributed by atoms with van der Waals surface area (Å²) >= 11 is 0. The Morgan fingerprint density at radius 1 is 1.31 bits per heavy atom. The lowest BCUT2D eigenvalue weighted by Crippen LogP contribution is -2.41. The molecule has 3 unspecified atom stereocenters. The van der Waals surface area contributed by atoms with E-state index in [-0.39, 0.29) is 35.1 Å². The normalized spacial score (nSPS) is 25.2. The molecular weight excluding hydrogens is 344 g/mol. The summed E-state index contributed by atoms with van der Waals surface area (Å²) in [5.74, 6) is 0.759. The van der Waals surface area contributed by atoms with Crippen LogP contribution in [0.1, 0.15) is 63.3 Å². The number of hydrogen-bond acceptors (Lipinski definition) is 4. The molecule has 3 rings (SSSR count). The Morgan fingerprint density at radius 2 is 1.96 bits per heavy atom. The van der Waals surface area contributed by atoms with Crippen molar-refractivity contribution in [2.75, 3.05) is 6.61 Å². The third kappa shape index (κ3) is 3.09. The molecule has 1 aromatic carbocycles. The molecular formula is C21H32O4Si. The van der Waals surface area contributed by atoms with Crippen molar-refractivity contribution in [3.05, 3.63) is 28.8 Å². The van der Waals surface area contributed by atoms with Crippen molar-refractivity contribution < 1.29 is 18.7 Å². The van der Waals surface area contributed by atoms with E-state index in [1.165, 1.54) is 5.56 Å². The molecule has 1 saturated carbocycles. The monoisotopic (exact) mass is 376 g/mol. The minimum Gasteiger partial charge on any atom is -0.488 e. The van der Waals surface area contributed by atoms with Gasteiger partial charge in [0.15, 0.2) is 8.32 Å². The second-order valence-electron chi connectivity index (χ2n) is 9.12. The molecule has 144 valence electrons. The number of rotatable bonds is 5. The highest BCUT2D eigenvalue weighted by Crippen LogP contribution is 2.61. The lowest BCUT2D eigenvalue weighted by atomic mass is 9.95. The molecule has 0 aromatic heterocycles. The highest BCUT2D eigenvalue weighted by molar-refractivity contribution is 6.74. The molecule has 1 aromatic rings. The second kappa shape index (κ2) is 6.38. The molecule has 1 aliphatic carbocycles. The number of fused-ring (bicyclic) bond motifs is 3. The van der Waals surface area contributed by atoms with E-state index >= 15 is 0 Å². The van der Waals surface area contributed by atoms with Crippen molar-refractivity contribution >= 4 is 14.3 Å². The van der Waals surface area contributed by atoms with Crippen molar-refractivity contribution in [3.8, 4) is 5.75 Å². The van der Waals surface area contributed by atoms with Crippen LogP contribution in [0.3, 0.4) is 0 Å². The summed E-state index contributed by atoms with van der Waals surface area (Å²) in [6.07, 6.45) is -0.0833. The number of esters is 1. The molecule has 0 saturated heterocycles. The molecule has 2 aliphatic rings. The van der Waals surface area contributed by atoms with Crippen LogP contribution in [-0.4, -0.2) is 27.0 Å². The van der Waals surface area contributed by atoms with E-state index in [9.17, 15) is 4.79 Å². The fraction of sp³-hybridized carbons (Fsp3) is 0.667. The van der Waals surface area contributed by atoms with Gasteiger partial charge in [-0.15, -0.1) is 0 Å². The van der Waals surface area contributed by atoms with E-state index < -0.39 is 8.32 Å². The summed E-state index contributed by atoms with van der Waals surface area (Å²) < 4.78 is 18.0. The zero-order valence-corrected chi connectivity index (χ0v) is 18.3. The Hall–Kier alpha value is -1.33. The quantitative estimate of drug-likeness (QED) is 0.529. The number of ether oxygens (including phenoxy) is 2. The van der Waals surface area contributed by atoms with Crippen molar-refractivity contribution in [1.29, 1.82) is 0 Å². The standard InChI is InChI=1S/C21H32O4Si/c1-9-23-20(22)17-16-15-14(11-10-12(2)18(15)24-19(16)17)13(3)25-26(7,8)21(4,5)6/h10-11,13,16-17,19H,9H2,1-8H3/t13-,16?,17?,19?/m1/s1. The van der Waals surface area contributed by atoms with Crippen molar-refractivity contribution in [2.24, 2.45) is 5.92 Å². The zero-order chi connectivity index (χ0) is 19.4. The van der Waals surface area contributed by atoms with Gasteiger partial charge in [0.25, 0.3) is 0 Å². The molecule has 4 atom stereocenters. The molecule has 1 fully saturated rings. The molecule has 0 bridgehead atoms. The molecule has 1 aliphatic heterocycles. The predicted molar refractivity (Wildman–Crippen MR) is 105 cm³/mol. The maximum atomic E-state index is 12.2. The van der Waals surface area contributed by atoms with Crippen molar-refractivity contribution in [1.82, 2.24) is 0 Å². The van der Waals surface area contributed by atoms with Crippen LogP contribution in [0, 0.1) is 12.8 Å². The highest BCUT2D eigenvalue weighted by Gasteiger charge is 2.64. The number of aryl methyl sites for hydroxylation is 1. The lowest BCUT2D eigenvalue weighted by molar-refractivity contribution is -0.145. The van der Waals surface area contributed by atoms with Crippen LogP contribution < -0.4 is 4.74 Å². The Labute approximate surface area is 158 Å². The number of benzene rings is 1. The van der Waals surface area contributed by atoms with Gasteiger partial charge < -0.3 is 13.9 Å². The van der Waals surface area contributed by atoms with Gasteiger partial charge in [-0.2, -0.15) is 0 Å². The fourth-order valence-electron chi connectivity index (χ4n) is 3.69. The SMILES string of the molecule is CCOC(=O)C1C2Oc3c(C)ccc([C@@H](C)O[Si](C)(C)C(C)(C)C)c3C21. The Balaban J connectivity index is 1.90. The third-order valence-electron chi connectivity index (χ3n) is 6.24. The van der Waals surface area contributed by atoms with Crippen LogP contribution in [0.15, 0.2) is 12.1 Å². The largest absolute Gasteiger partial charge is 0.488 e. The maximum Gasteiger partial charge on any atom is 0.313 e. The van der Waals surface area contributed by atoms with Gasteiger partial charge in [0.2, 0.25) is 0 Å². The summed E-state index contributed by atoms with van der Waals surface area (Å²) in [5, 5.41) is 0.154. The van der Waals surface area contributed by atoms with Gasteiger partial charge in [-0.05, 0) is 50.0 Å². The highest BCUT2D eigenvalue weighted by atomic mass is 28.4. The molecule has 1 heterocycles. The van der Waals surface area contributed by atoms with Crippen LogP contribution in [0.25, 0.3) is 0 Å². The maximum absolute atomic E-state index is 12.2. The van der Waals surface area contributed by atoms with Crippen LogP contribution in [0.5, 0.6) is 5.75 Å². The molecule has 26 heavy (non-hydrogen) atoms. The van der Waals surface area contributed by atoms with E-state index in [4.69, 9.17) is 13.9 Å². The Kier molecular flexibility index (Phi) is 4.77. The van der Waals surface area contributed by atoms with Gasteiger partial charge >= 0.3 is 5.97 Å². The van der Waals surface area contributed by atoms with Gasteiger partial charge in [-0.1, -0.05) is 32.9 Å². The first kappa shape index (κ1) is 19.4. The minimum atomic E-state index is -1.89. The Morgan fingerprint density at radius 3 is 2.54 bits per heavy atom. The van der Waals surface area contributed by atoms with E-state index in [2.05, 4.69) is 59.8 Å². The second-order valence-corrected chi connectivity index (χ2v) is 13.9. The van der Waals surface area contributed by atoms with Crippen LogP contribution in [-0.2, 0) is 14.0 Å². The van der Waals surface area contributed by atoms with Crippen molar-refractivity contribution in [2.45, 2.75) is 77.8 Å². The molecule has 4 nitrogen and oxygen atoms in total. The first-order valence-electron chi connectivity index (χ1n) is 9.64. The minimum absolute atomic E-state index is 0.0176. The van der Waals surface area contributed by atoms with Gasteiger partial charge in [0.05, 0.1) is 12.7 Å². The van der Waals surface area contributed by atoms with Gasteiger partial charge in [-0.25, -0.2) is 0 Å². The van der Waals surface area contributed by atoms with Gasteiger partial charge in [-0.3, -0.25) is 4.79 Å². The van der Waals surface area contributed by atoms with Gasteiger partial charge in [0, 0.05) is 11.5 Å². The number of carbonyl (C=O) groups excluding carboxylic acids is 1. The lowest BCUT2D eigenvalue weighted by Gasteiger charge is -2.39. The average Bonchev–Trinajstić information content (AvgIpc) is 3.09. The topological polar surface area (TPSA) is 44.8 Å². The summed E-state index contributed by atoms with van der Waals surface area (Å²) in [4.78, 5) is 12.2. The third-order valence-corrected chi connectivity index (χ3v) is 10.8. The Bertz CT molecular complexity index is 719. The van der Waals surface area contributed by atoms with Crippen LogP contribution in [0.4, 0.5) is 0 Å². The molecule has 0 spiro atoms. The summed E-state index contributed by atoms with van der Waals surface area (Å²) in [6, 6.07) is 4.25.